The smallest absolute Gasteiger partial charge is 0.235 e. The van der Waals surface area contributed by atoms with Gasteiger partial charge in [-0.3, -0.25) is 19.3 Å². The van der Waals surface area contributed by atoms with Gasteiger partial charge in [0.2, 0.25) is 17.7 Å². The van der Waals surface area contributed by atoms with Crippen molar-refractivity contribution in [1.29, 1.82) is 0 Å². The number of hydrogen-bond acceptors (Lipinski definition) is 5. The number of rotatable bonds is 8. The number of hydrogen-bond donors (Lipinski definition) is 2. The van der Waals surface area contributed by atoms with Gasteiger partial charge in [-0.1, -0.05) is 0 Å². The van der Waals surface area contributed by atoms with E-state index in [9.17, 15) is 18.8 Å². The second-order valence-corrected chi connectivity index (χ2v) is 8.25. The molecule has 29 heavy (non-hydrogen) atoms. The van der Waals surface area contributed by atoms with Crippen molar-refractivity contribution in [2.45, 2.75) is 25.5 Å². The lowest BCUT2D eigenvalue weighted by Gasteiger charge is -2.24. The molecule has 7 nitrogen and oxygen atoms in total. The van der Waals surface area contributed by atoms with Gasteiger partial charge >= 0.3 is 0 Å². The topological polar surface area (TPSA) is 81.8 Å². The third-order valence-corrected chi connectivity index (χ3v) is 5.71. The van der Waals surface area contributed by atoms with Crippen LogP contribution in [0.5, 0.6) is 0 Å². The van der Waals surface area contributed by atoms with Crippen molar-refractivity contribution in [1.82, 2.24) is 15.1 Å². The molecule has 1 unspecified atom stereocenters. The van der Waals surface area contributed by atoms with Gasteiger partial charge in [-0.15, -0.1) is 11.8 Å². The molecule has 1 saturated heterocycles. The molecule has 1 atom stereocenters. The summed E-state index contributed by atoms with van der Waals surface area (Å²) in [6, 6.07) is 5.55. The molecule has 0 saturated carbocycles. The molecule has 3 amide bonds. The Morgan fingerprint density at radius 1 is 1.10 bits per heavy atom. The van der Waals surface area contributed by atoms with Gasteiger partial charge in [-0.2, -0.15) is 0 Å². The summed E-state index contributed by atoms with van der Waals surface area (Å²) in [6.07, 6.45) is 0.813. The Bertz CT molecular complexity index is 701. The van der Waals surface area contributed by atoms with Crippen LogP contribution in [0.2, 0.25) is 0 Å². The Morgan fingerprint density at radius 2 is 1.83 bits per heavy atom. The number of thioether (sulfide) groups is 1. The number of carbonyl (C=O) groups excluding carboxylic acids is 3. The Morgan fingerprint density at radius 3 is 2.52 bits per heavy atom. The zero-order valence-corrected chi connectivity index (χ0v) is 17.8. The van der Waals surface area contributed by atoms with E-state index < -0.39 is 0 Å². The Hall–Kier alpha value is -2.13. The number of nitrogens with one attached hydrogen (secondary N) is 2. The Labute approximate surface area is 175 Å². The minimum Gasteiger partial charge on any atom is -0.355 e. The molecule has 2 N–H and O–H groups in total. The number of carbonyl (C=O) groups is 3. The van der Waals surface area contributed by atoms with Gasteiger partial charge in [-0.05, 0) is 44.5 Å². The molecule has 0 radical (unpaired) electrons. The summed E-state index contributed by atoms with van der Waals surface area (Å²) in [5.41, 5.74) is 0.524. The molecule has 2 rings (SSSR count). The normalized spacial score (nSPS) is 16.0. The van der Waals surface area contributed by atoms with Crippen molar-refractivity contribution in [3.63, 3.8) is 0 Å². The maximum Gasteiger partial charge on any atom is 0.235 e. The lowest BCUT2D eigenvalue weighted by atomic mass is 10.3. The maximum absolute atomic E-state index is 12.9. The molecule has 1 aliphatic heterocycles. The fourth-order valence-electron chi connectivity index (χ4n) is 3.06. The van der Waals surface area contributed by atoms with Crippen LogP contribution in [-0.2, 0) is 14.4 Å². The lowest BCUT2D eigenvalue weighted by Crippen LogP contribution is -2.41. The van der Waals surface area contributed by atoms with Gasteiger partial charge in [0, 0.05) is 38.4 Å². The van der Waals surface area contributed by atoms with Gasteiger partial charge in [0.05, 0.1) is 17.5 Å². The van der Waals surface area contributed by atoms with Crippen LogP contribution in [0.3, 0.4) is 0 Å². The number of anilines is 1. The monoisotopic (exact) mass is 424 g/mol. The van der Waals surface area contributed by atoms with Crippen LogP contribution >= 0.6 is 11.8 Å². The largest absolute Gasteiger partial charge is 0.355 e. The molecule has 1 aromatic carbocycles. The molecule has 1 aliphatic rings. The summed E-state index contributed by atoms with van der Waals surface area (Å²) in [7, 11) is 0. The second-order valence-electron chi connectivity index (χ2n) is 6.92. The fourth-order valence-corrected chi connectivity index (χ4v) is 3.83. The first-order chi connectivity index (χ1) is 13.9. The van der Waals surface area contributed by atoms with E-state index in [1.807, 2.05) is 11.8 Å². The van der Waals surface area contributed by atoms with Crippen LogP contribution in [0, 0.1) is 5.82 Å². The summed E-state index contributed by atoms with van der Waals surface area (Å²) in [5, 5.41) is 5.14. The number of halogens is 1. The number of nitrogens with zero attached hydrogens (tertiary/aromatic N) is 2. The van der Waals surface area contributed by atoms with Gasteiger partial charge in [0.1, 0.15) is 5.82 Å². The molecular weight excluding hydrogens is 395 g/mol. The van der Waals surface area contributed by atoms with Crippen LogP contribution < -0.4 is 10.6 Å². The summed E-state index contributed by atoms with van der Waals surface area (Å²) < 4.78 is 12.9. The van der Waals surface area contributed by atoms with E-state index in [0.717, 1.165) is 13.0 Å². The summed E-state index contributed by atoms with van der Waals surface area (Å²) in [4.78, 5) is 40.4. The van der Waals surface area contributed by atoms with Gasteiger partial charge in [0.15, 0.2) is 0 Å². The SMILES string of the molecule is CCNC(=O)CN1CCCN(C(=O)C(C)SCC(=O)Nc2ccc(F)cc2)CC1. The predicted octanol–water partition coefficient (Wildman–Crippen LogP) is 1.56. The zero-order chi connectivity index (χ0) is 21.2. The highest BCUT2D eigenvalue weighted by Gasteiger charge is 2.24. The molecule has 1 aromatic rings. The minimum absolute atomic E-state index is 0.00312. The first-order valence-electron chi connectivity index (χ1n) is 9.84. The standard InChI is InChI=1S/C20H29FN4O3S/c1-3-22-18(26)13-24-9-4-10-25(12-11-24)20(28)15(2)29-14-19(27)23-17-7-5-16(21)6-8-17/h5-8,15H,3-4,9-14H2,1-2H3,(H,22,26)(H,23,27). The number of likely N-dealkylation sites (N-methyl/N-ethyl adjacent to an activating group) is 1. The third-order valence-electron chi connectivity index (χ3n) is 4.58. The van der Waals surface area contributed by atoms with E-state index in [1.165, 1.54) is 36.0 Å². The van der Waals surface area contributed by atoms with Crippen LogP contribution in [0.25, 0.3) is 0 Å². The average Bonchev–Trinajstić information content (AvgIpc) is 2.93. The van der Waals surface area contributed by atoms with Crippen LogP contribution in [0.15, 0.2) is 24.3 Å². The highest BCUT2D eigenvalue weighted by molar-refractivity contribution is 8.01. The first kappa shape index (κ1) is 23.2. The Kier molecular flexibility index (Phi) is 9.40. The quantitative estimate of drug-likeness (QED) is 0.662. The molecule has 0 bridgehead atoms. The predicted molar refractivity (Wildman–Crippen MR) is 113 cm³/mol. The Balaban J connectivity index is 1.75. The maximum atomic E-state index is 12.9. The molecule has 1 heterocycles. The lowest BCUT2D eigenvalue weighted by molar-refractivity contribution is -0.130. The second kappa shape index (κ2) is 11.8. The molecule has 0 aliphatic carbocycles. The van der Waals surface area contributed by atoms with Crippen LogP contribution in [0.1, 0.15) is 20.3 Å². The van der Waals surface area contributed by atoms with Crippen molar-refractivity contribution >= 4 is 35.2 Å². The van der Waals surface area contributed by atoms with Crippen LogP contribution in [0.4, 0.5) is 10.1 Å². The van der Waals surface area contributed by atoms with Crippen molar-refractivity contribution < 1.29 is 18.8 Å². The van der Waals surface area contributed by atoms with Gasteiger partial charge in [-0.25, -0.2) is 4.39 Å². The van der Waals surface area contributed by atoms with E-state index in [1.54, 1.807) is 6.92 Å². The molecule has 0 spiro atoms. The van der Waals surface area contributed by atoms with Crippen molar-refractivity contribution in [2.24, 2.45) is 0 Å². The van der Waals surface area contributed by atoms with E-state index in [2.05, 4.69) is 15.5 Å². The zero-order valence-electron chi connectivity index (χ0n) is 16.9. The van der Waals surface area contributed by atoms with E-state index in [0.29, 0.717) is 38.4 Å². The number of amides is 3. The summed E-state index contributed by atoms with van der Waals surface area (Å²) in [6.45, 7) is 7.32. The van der Waals surface area contributed by atoms with Gasteiger partial charge in [0.25, 0.3) is 0 Å². The molecule has 1 fully saturated rings. The van der Waals surface area contributed by atoms with E-state index in [-0.39, 0.29) is 34.5 Å². The molecular formula is C20H29FN4O3S. The van der Waals surface area contributed by atoms with Crippen molar-refractivity contribution in [3.8, 4) is 0 Å². The molecule has 9 heteroatoms. The summed E-state index contributed by atoms with van der Waals surface area (Å²) >= 11 is 1.28. The van der Waals surface area contributed by atoms with E-state index >= 15 is 0 Å². The van der Waals surface area contributed by atoms with Crippen LogP contribution in [-0.4, -0.2) is 77.8 Å². The van der Waals surface area contributed by atoms with Crippen molar-refractivity contribution in [3.05, 3.63) is 30.1 Å². The first-order valence-corrected chi connectivity index (χ1v) is 10.9. The molecule has 160 valence electrons. The van der Waals surface area contributed by atoms with E-state index in [4.69, 9.17) is 0 Å². The molecule has 0 aromatic heterocycles. The third kappa shape index (κ3) is 8.02. The highest BCUT2D eigenvalue weighted by atomic mass is 32.2. The van der Waals surface area contributed by atoms with Gasteiger partial charge < -0.3 is 15.5 Å². The number of benzene rings is 1. The fraction of sp³-hybridized carbons (Fsp3) is 0.550. The van der Waals surface area contributed by atoms with Crippen molar-refractivity contribution in [2.75, 3.05) is 50.3 Å². The average molecular weight is 425 g/mol. The highest BCUT2D eigenvalue weighted by Crippen LogP contribution is 2.16. The summed E-state index contributed by atoms with van der Waals surface area (Å²) in [5.74, 6) is -0.446. The minimum atomic E-state index is -0.362.